The molecule has 1 atom stereocenters. The maximum atomic E-state index is 13.4. The molecule has 284 valence electrons. The van der Waals surface area contributed by atoms with Crippen molar-refractivity contribution in [3.8, 4) is 0 Å². The minimum absolute atomic E-state index is 0.0427. The van der Waals surface area contributed by atoms with E-state index in [2.05, 4.69) is 27.7 Å². The predicted molar refractivity (Wildman–Crippen MR) is 202 cm³/mol. The molecule has 0 aliphatic carbocycles. The second-order valence-corrected chi connectivity index (χ2v) is 14.5. The molecule has 0 N–H and O–H groups in total. The van der Waals surface area contributed by atoms with Gasteiger partial charge in [0, 0.05) is 0 Å². The maximum Gasteiger partial charge on any atom is 0.308 e. The molecule has 0 radical (unpaired) electrons. The van der Waals surface area contributed by atoms with Gasteiger partial charge in [-0.1, -0.05) is 156 Å². The molecule has 1 unspecified atom stereocenters. The third kappa shape index (κ3) is 24.5. The summed E-state index contributed by atoms with van der Waals surface area (Å²) in [6.45, 7) is 11.7. The summed E-state index contributed by atoms with van der Waals surface area (Å²) in [5.74, 6) is -0.430. The zero-order chi connectivity index (χ0) is 35.8. The Labute approximate surface area is 298 Å². The van der Waals surface area contributed by atoms with Gasteiger partial charge in [0.05, 0.1) is 31.0 Å². The molecule has 0 fully saturated rings. The van der Waals surface area contributed by atoms with Crippen molar-refractivity contribution in [2.24, 2.45) is 11.8 Å². The molecule has 0 saturated heterocycles. The van der Waals surface area contributed by atoms with E-state index >= 15 is 0 Å². The number of nitrogens with zero attached hydrogens (tertiary/aromatic N) is 2. The summed E-state index contributed by atoms with van der Waals surface area (Å²) >= 11 is 0. The average Bonchev–Trinajstić information content (AvgIpc) is 3.07. The van der Waals surface area contributed by atoms with Crippen molar-refractivity contribution < 1.29 is 23.9 Å². The molecule has 0 rings (SSSR count). The summed E-state index contributed by atoms with van der Waals surface area (Å²) in [5.41, 5.74) is 0. The Morgan fingerprint density at radius 1 is 0.479 bits per heavy atom. The van der Waals surface area contributed by atoms with E-state index in [1.165, 1.54) is 77.0 Å². The highest BCUT2D eigenvalue weighted by molar-refractivity contribution is 5.81. The number of hydrogen-bond acceptors (Lipinski definition) is 6. The van der Waals surface area contributed by atoms with E-state index in [-0.39, 0.29) is 48.9 Å². The van der Waals surface area contributed by atoms with Gasteiger partial charge in [-0.2, -0.15) is 0 Å². The van der Waals surface area contributed by atoms with Crippen LogP contribution in [0.15, 0.2) is 0 Å². The molecular weight excluding hydrogens is 600 g/mol. The van der Waals surface area contributed by atoms with Gasteiger partial charge in [-0.25, -0.2) is 0 Å². The molecule has 0 aromatic rings. The molecule has 0 saturated carbocycles. The van der Waals surface area contributed by atoms with Crippen LogP contribution in [0.1, 0.15) is 189 Å². The third-order valence-electron chi connectivity index (χ3n) is 9.95. The molecule has 7 heteroatoms. The monoisotopic (exact) mass is 681 g/mol. The first-order valence-electron chi connectivity index (χ1n) is 20.5. The molecule has 0 aliphatic rings. The summed E-state index contributed by atoms with van der Waals surface area (Å²) in [6.07, 6.45) is 27.1. The second kappa shape index (κ2) is 32.6. The Morgan fingerprint density at radius 2 is 0.771 bits per heavy atom. The van der Waals surface area contributed by atoms with Gasteiger partial charge in [0.1, 0.15) is 13.2 Å². The van der Waals surface area contributed by atoms with Crippen LogP contribution in [0.2, 0.25) is 0 Å². The van der Waals surface area contributed by atoms with E-state index in [0.29, 0.717) is 13.1 Å². The standard InChI is InChI=1S/C41H80N2O5/c1-8-12-16-20-24-28-37(29-25-21-17-13-9-2)40(45)47-34-32-43(39(44)36(5)42(6)7)33-35-48-41(46)38(30-26-22-18-14-10-3)31-27-23-19-15-11-4/h36-38H,8-35H2,1-7H3. The Balaban J connectivity index is 5.20. The van der Waals surface area contributed by atoms with Crippen LogP contribution in [0.5, 0.6) is 0 Å². The van der Waals surface area contributed by atoms with Gasteiger partial charge in [0.15, 0.2) is 0 Å². The van der Waals surface area contributed by atoms with Crippen LogP contribution < -0.4 is 0 Å². The van der Waals surface area contributed by atoms with Gasteiger partial charge >= 0.3 is 11.9 Å². The molecule has 0 aliphatic heterocycles. The number of esters is 2. The van der Waals surface area contributed by atoms with E-state index in [1.807, 2.05) is 25.9 Å². The van der Waals surface area contributed by atoms with Gasteiger partial charge in [0.2, 0.25) is 5.91 Å². The van der Waals surface area contributed by atoms with Crippen molar-refractivity contribution in [1.29, 1.82) is 0 Å². The van der Waals surface area contributed by atoms with Crippen LogP contribution in [0.4, 0.5) is 0 Å². The lowest BCUT2D eigenvalue weighted by Gasteiger charge is -2.29. The SMILES string of the molecule is CCCCCCCC(CCCCCCC)C(=O)OCCN(CCOC(=O)C(CCCCCCC)CCCCCCC)C(=O)C(C)N(C)C. The first-order valence-corrected chi connectivity index (χ1v) is 20.5. The molecule has 0 heterocycles. The Morgan fingerprint density at radius 3 is 1.04 bits per heavy atom. The zero-order valence-corrected chi connectivity index (χ0v) is 33.0. The first kappa shape index (κ1) is 46.4. The average molecular weight is 681 g/mol. The van der Waals surface area contributed by atoms with E-state index < -0.39 is 0 Å². The fourth-order valence-electron chi connectivity index (χ4n) is 6.30. The number of hydrogen-bond donors (Lipinski definition) is 0. The maximum absolute atomic E-state index is 13.4. The second-order valence-electron chi connectivity index (χ2n) is 14.5. The Kier molecular flexibility index (Phi) is 31.5. The molecule has 0 bridgehead atoms. The highest BCUT2D eigenvalue weighted by Gasteiger charge is 2.25. The van der Waals surface area contributed by atoms with Crippen LogP contribution >= 0.6 is 0 Å². The Hall–Kier alpha value is -1.63. The van der Waals surface area contributed by atoms with Crippen molar-refractivity contribution in [2.45, 2.75) is 195 Å². The summed E-state index contributed by atoms with van der Waals surface area (Å²) in [5, 5.41) is 0. The van der Waals surface area contributed by atoms with Crippen LogP contribution in [0, 0.1) is 11.8 Å². The fourth-order valence-corrected chi connectivity index (χ4v) is 6.30. The number of carbonyl (C=O) groups excluding carboxylic acids is 3. The fraction of sp³-hybridized carbons (Fsp3) is 0.927. The number of likely N-dealkylation sites (N-methyl/N-ethyl adjacent to an activating group) is 1. The lowest BCUT2D eigenvalue weighted by Crippen LogP contribution is -2.47. The van der Waals surface area contributed by atoms with Gasteiger partial charge in [0.25, 0.3) is 0 Å². The predicted octanol–water partition coefficient (Wildman–Crippen LogP) is 10.5. The van der Waals surface area contributed by atoms with E-state index in [4.69, 9.17) is 9.47 Å². The lowest BCUT2D eigenvalue weighted by molar-refractivity contribution is -0.153. The third-order valence-corrected chi connectivity index (χ3v) is 9.95. The largest absolute Gasteiger partial charge is 0.464 e. The molecule has 0 aromatic heterocycles. The minimum Gasteiger partial charge on any atom is -0.464 e. The molecule has 0 aromatic carbocycles. The summed E-state index contributed by atoms with van der Waals surface area (Å²) in [7, 11) is 3.77. The molecule has 48 heavy (non-hydrogen) atoms. The normalized spacial score (nSPS) is 12.2. The molecule has 7 nitrogen and oxygen atoms in total. The number of unbranched alkanes of at least 4 members (excludes halogenated alkanes) is 16. The van der Waals surface area contributed by atoms with Gasteiger partial charge < -0.3 is 14.4 Å². The van der Waals surface area contributed by atoms with E-state index in [0.717, 1.165) is 77.0 Å². The topological polar surface area (TPSA) is 76.1 Å². The van der Waals surface area contributed by atoms with Crippen LogP contribution in [-0.4, -0.2) is 74.1 Å². The van der Waals surface area contributed by atoms with Crippen LogP contribution in [0.25, 0.3) is 0 Å². The van der Waals surface area contributed by atoms with Crippen molar-refractivity contribution in [3.05, 3.63) is 0 Å². The number of amides is 1. The van der Waals surface area contributed by atoms with Crippen LogP contribution in [0.3, 0.4) is 0 Å². The minimum atomic E-state index is -0.325. The van der Waals surface area contributed by atoms with Crippen molar-refractivity contribution in [2.75, 3.05) is 40.4 Å². The van der Waals surface area contributed by atoms with E-state index in [9.17, 15) is 14.4 Å². The molecular formula is C41H80N2O5. The summed E-state index contributed by atoms with van der Waals surface area (Å²) in [4.78, 5) is 43.5. The number of carbonyl (C=O) groups is 3. The molecule has 0 spiro atoms. The molecule has 1 amide bonds. The first-order chi connectivity index (χ1) is 23.2. The number of ether oxygens (including phenoxy) is 2. The van der Waals surface area contributed by atoms with Crippen molar-refractivity contribution >= 4 is 17.8 Å². The zero-order valence-electron chi connectivity index (χ0n) is 33.0. The van der Waals surface area contributed by atoms with E-state index in [1.54, 1.807) is 4.90 Å². The van der Waals surface area contributed by atoms with Gasteiger partial charge in [-0.15, -0.1) is 0 Å². The van der Waals surface area contributed by atoms with Crippen molar-refractivity contribution in [1.82, 2.24) is 9.80 Å². The summed E-state index contributed by atoms with van der Waals surface area (Å²) in [6, 6.07) is -0.325. The Bertz CT molecular complexity index is 696. The quantitative estimate of drug-likeness (QED) is 0.0497. The summed E-state index contributed by atoms with van der Waals surface area (Å²) < 4.78 is 11.7. The lowest BCUT2D eigenvalue weighted by atomic mass is 9.94. The van der Waals surface area contributed by atoms with Crippen molar-refractivity contribution in [3.63, 3.8) is 0 Å². The van der Waals surface area contributed by atoms with Gasteiger partial charge in [-0.05, 0) is 46.7 Å². The highest BCUT2D eigenvalue weighted by Crippen LogP contribution is 2.22. The number of rotatable bonds is 34. The van der Waals surface area contributed by atoms with Crippen LogP contribution in [-0.2, 0) is 23.9 Å². The highest BCUT2D eigenvalue weighted by atomic mass is 16.5. The smallest absolute Gasteiger partial charge is 0.308 e. The van der Waals surface area contributed by atoms with Gasteiger partial charge in [-0.3, -0.25) is 19.3 Å².